The average Bonchev–Trinajstić information content (AvgIpc) is 2.37. The summed E-state index contributed by atoms with van der Waals surface area (Å²) in [6.45, 7) is 7.21. The van der Waals surface area contributed by atoms with Crippen LogP contribution in [0.5, 0.6) is 0 Å². The summed E-state index contributed by atoms with van der Waals surface area (Å²) in [5, 5.41) is 0. The van der Waals surface area contributed by atoms with Crippen molar-refractivity contribution in [2.24, 2.45) is 5.92 Å². The van der Waals surface area contributed by atoms with E-state index in [1.807, 2.05) is 20.8 Å². The lowest BCUT2D eigenvalue weighted by molar-refractivity contribution is -0.117. The Kier molecular flexibility index (Phi) is 5.88. The lowest BCUT2D eigenvalue weighted by Crippen LogP contribution is -2.25. The highest BCUT2D eigenvalue weighted by Gasteiger charge is 2.32. The molecule has 1 rings (SSSR count). The molecular formula is C16H22O5S. The third-order valence-corrected chi connectivity index (χ3v) is 3.85. The highest BCUT2D eigenvalue weighted by atomic mass is 32.2. The van der Waals surface area contributed by atoms with Crippen LogP contribution >= 0.6 is 0 Å². The summed E-state index contributed by atoms with van der Waals surface area (Å²) in [6.07, 6.45) is 5.68. The highest BCUT2D eigenvalue weighted by molar-refractivity contribution is 7.86. The molecular weight excluding hydrogens is 304 g/mol. The van der Waals surface area contributed by atoms with Gasteiger partial charge in [-0.25, -0.2) is 0 Å². The van der Waals surface area contributed by atoms with E-state index in [4.69, 9.17) is 4.18 Å². The highest BCUT2D eigenvalue weighted by Crippen LogP contribution is 2.28. The van der Waals surface area contributed by atoms with Crippen LogP contribution in [0.25, 0.3) is 0 Å². The second-order valence-corrected chi connectivity index (χ2v) is 7.37. The molecule has 0 aromatic rings. The normalized spacial score (nSPS) is 17.2. The molecule has 0 fully saturated rings. The Morgan fingerprint density at radius 3 is 2.41 bits per heavy atom. The van der Waals surface area contributed by atoms with E-state index in [0.717, 1.165) is 12.7 Å². The van der Waals surface area contributed by atoms with Gasteiger partial charge in [-0.15, -0.1) is 0 Å². The van der Waals surface area contributed by atoms with Crippen LogP contribution in [0, 0.1) is 5.92 Å². The van der Waals surface area contributed by atoms with Crippen molar-refractivity contribution in [1.82, 2.24) is 0 Å². The Hall–Kier alpha value is -1.69. The lowest BCUT2D eigenvalue weighted by atomic mass is 9.86. The van der Waals surface area contributed by atoms with E-state index >= 15 is 0 Å². The van der Waals surface area contributed by atoms with Crippen LogP contribution in [0.1, 0.15) is 40.5 Å². The summed E-state index contributed by atoms with van der Waals surface area (Å²) in [5.74, 6) is -1.44. The molecule has 0 spiro atoms. The van der Waals surface area contributed by atoms with Crippen molar-refractivity contribution in [1.29, 1.82) is 0 Å². The molecule has 0 heterocycles. The van der Waals surface area contributed by atoms with E-state index in [1.54, 1.807) is 0 Å². The maximum Gasteiger partial charge on any atom is 0.306 e. The fraction of sp³-hybridized carbons (Fsp3) is 0.500. The second-order valence-electron chi connectivity index (χ2n) is 5.79. The Morgan fingerprint density at radius 1 is 1.32 bits per heavy atom. The molecule has 1 aliphatic rings. The monoisotopic (exact) mass is 326 g/mol. The van der Waals surface area contributed by atoms with Crippen molar-refractivity contribution in [2.45, 2.75) is 40.5 Å². The number of carbonyl (C=O) groups excluding carboxylic acids is 2. The molecule has 0 aliphatic heterocycles. The van der Waals surface area contributed by atoms with Gasteiger partial charge in [0, 0.05) is 11.1 Å². The third kappa shape index (κ3) is 4.94. The predicted octanol–water partition coefficient (Wildman–Crippen LogP) is 2.70. The molecule has 6 heteroatoms. The minimum atomic E-state index is -3.86. The smallest absolute Gasteiger partial charge is 0.306 e. The molecule has 1 unspecified atom stereocenters. The van der Waals surface area contributed by atoms with Gasteiger partial charge in [0.15, 0.2) is 11.5 Å². The van der Waals surface area contributed by atoms with Crippen molar-refractivity contribution in [2.75, 3.05) is 6.26 Å². The van der Waals surface area contributed by atoms with E-state index in [0.29, 0.717) is 12.0 Å². The molecule has 0 amide bonds. The van der Waals surface area contributed by atoms with Gasteiger partial charge in [0.1, 0.15) is 0 Å². The largest absolute Gasteiger partial charge is 0.378 e. The van der Waals surface area contributed by atoms with Crippen molar-refractivity contribution in [3.8, 4) is 0 Å². The Bertz CT molecular complexity index is 673. The van der Waals surface area contributed by atoms with Crippen LogP contribution in [0.15, 0.2) is 34.6 Å². The lowest BCUT2D eigenvalue weighted by Gasteiger charge is -2.20. The Balaban J connectivity index is 3.00. The van der Waals surface area contributed by atoms with Crippen LogP contribution in [0.2, 0.25) is 0 Å². The van der Waals surface area contributed by atoms with Gasteiger partial charge >= 0.3 is 10.1 Å². The van der Waals surface area contributed by atoms with Gasteiger partial charge < -0.3 is 4.18 Å². The average molecular weight is 326 g/mol. The molecule has 5 nitrogen and oxygen atoms in total. The first-order chi connectivity index (χ1) is 10.0. The first kappa shape index (κ1) is 18.4. The molecule has 1 atom stereocenters. The van der Waals surface area contributed by atoms with Gasteiger partial charge in [-0.2, -0.15) is 8.42 Å². The maximum absolute atomic E-state index is 12.4. The van der Waals surface area contributed by atoms with Crippen molar-refractivity contribution < 1.29 is 22.2 Å². The SMILES string of the molecule is CC(C)=CCCC(C)C1=CC(=O)C(C)=C(OS(C)(=O)=O)C1=O. The van der Waals surface area contributed by atoms with Gasteiger partial charge in [-0.05, 0) is 45.6 Å². The van der Waals surface area contributed by atoms with Crippen molar-refractivity contribution >= 4 is 21.7 Å². The van der Waals surface area contributed by atoms with Crippen LogP contribution in [0.3, 0.4) is 0 Å². The number of allylic oxidation sites excluding steroid dienone is 5. The number of rotatable bonds is 6. The fourth-order valence-electron chi connectivity index (χ4n) is 2.12. The van der Waals surface area contributed by atoms with E-state index in [1.165, 1.54) is 18.6 Å². The zero-order valence-electron chi connectivity index (χ0n) is 13.6. The molecule has 0 aromatic heterocycles. The summed E-state index contributed by atoms with van der Waals surface area (Å²) >= 11 is 0. The molecule has 1 aliphatic carbocycles. The fourth-order valence-corrected chi connectivity index (χ4v) is 2.63. The molecule has 22 heavy (non-hydrogen) atoms. The quantitative estimate of drug-likeness (QED) is 0.426. The maximum atomic E-state index is 12.4. The van der Waals surface area contributed by atoms with E-state index < -0.39 is 15.9 Å². The first-order valence-electron chi connectivity index (χ1n) is 7.07. The van der Waals surface area contributed by atoms with E-state index in [2.05, 4.69) is 6.08 Å². The summed E-state index contributed by atoms with van der Waals surface area (Å²) in [6, 6.07) is 0. The third-order valence-electron chi connectivity index (χ3n) is 3.38. The van der Waals surface area contributed by atoms with Gasteiger partial charge in [0.2, 0.25) is 5.78 Å². The number of ketones is 2. The number of hydrogen-bond donors (Lipinski definition) is 0. The zero-order valence-corrected chi connectivity index (χ0v) is 14.4. The van der Waals surface area contributed by atoms with Gasteiger partial charge in [0.05, 0.1) is 6.26 Å². The zero-order chi connectivity index (χ0) is 17.1. The van der Waals surface area contributed by atoms with Crippen LogP contribution < -0.4 is 0 Å². The molecule has 0 saturated carbocycles. The molecule has 0 N–H and O–H groups in total. The predicted molar refractivity (Wildman–Crippen MR) is 84.6 cm³/mol. The minimum absolute atomic E-state index is 0.0238. The minimum Gasteiger partial charge on any atom is -0.378 e. The first-order valence-corrected chi connectivity index (χ1v) is 8.89. The molecule has 0 aromatic carbocycles. The number of carbonyl (C=O) groups is 2. The van der Waals surface area contributed by atoms with E-state index in [9.17, 15) is 18.0 Å². The summed E-state index contributed by atoms with van der Waals surface area (Å²) in [7, 11) is -3.86. The number of hydrogen-bond acceptors (Lipinski definition) is 5. The molecule has 0 saturated heterocycles. The Labute approximate surface area is 131 Å². The Morgan fingerprint density at radius 2 is 1.91 bits per heavy atom. The van der Waals surface area contributed by atoms with Crippen LogP contribution in [-0.4, -0.2) is 26.2 Å². The van der Waals surface area contributed by atoms with Crippen molar-refractivity contribution in [3.05, 3.63) is 34.6 Å². The topological polar surface area (TPSA) is 77.5 Å². The molecule has 122 valence electrons. The van der Waals surface area contributed by atoms with Gasteiger partial charge in [-0.1, -0.05) is 18.6 Å². The standard InChI is InChI=1S/C16H22O5S/c1-10(2)7-6-8-11(3)13-9-14(17)12(4)16(15(13)18)21-22(5,19)20/h7,9,11H,6,8H2,1-5H3. The van der Waals surface area contributed by atoms with Gasteiger partial charge in [-0.3, -0.25) is 9.59 Å². The summed E-state index contributed by atoms with van der Waals surface area (Å²) < 4.78 is 27.3. The number of Topliss-reactive ketones (excluding diaryl/α,β-unsaturated/α-hetero) is 1. The van der Waals surface area contributed by atoms with E-state index in [-0.39, 0.29) is 23.0 Å². The molecule has 0 radical (unpaired) electrons. The van der Waals surface area contributed by atoms with Crippen molar-refractivity contribution in [3.63, 3.8) is 0 Å². The van der Waals surface area contributed by atoms with Crippen LogP contribution in [0.4, 0.5) is 0 Å². The summed E-state index contributed by atoms with van der Waals surface area (Å²) in [4.78, 5) is 24.4. The van der Waals surface area contributed by atoms with Crippen LogP contribution in [-0.2, 0) is 23.9 Å². The second kappa shape index (κ2) is 7.05. The summed E-state index contributed by atoms with van der Waals surface area (Å²) in [5.41, 5.74) is 1.51. The molecule has 0 bridgehead atoms. The van der Waals surface area contributed by atoms with Gasteiger partial charge in [0.25, 0.3) is 0 Å².